The summed E-state index contributed by atoms with van der Waals surface area (Å²) in [6.07, 6.45) is 1.44. The van der Waals surface area contributed by atoms with E-state index >= 15 is 0 Å². The van der Waals surface area contributed by atoms with E-state index in [2.05, 4.69) is 5.43 Å². The minimum atomic E-state index is -0.519. The van der Waals surface area contributed by atoms with Gasteiger partial charge in [-0.2, -0.15) is 0 Å². The number of carbonyl (C=O) groups is 2. The second kappa shape index (κ2) is 10.5. The Morgan fingerprint density at radius 3 is 2.18 bits per heavy atom. The summed E-state index contributed by atoms with van der Waals surface area (Å²) in [5, 5.41) is 1.67. The molecule has 34 heavy (non-hydrogen) atoms. The van der Waals surface area contributed by atoms with E-state index in [1.54, 1.807) is 55.6 Å². The van der Waals surface area contributed by atoms with E-state index in [0.717, 1.165) is 0 Å². The van der Waals surface area contributed by atoms with Crippen LogP contribution >= 0.6 is 23.2 Å². The molecule has 2 amide bonds. The van der Waals surface area contributed by atoms with Gasteiger partial charge in [0.05, 0.1) is 22.8 Å². The summed E-state index contributed by atoms with van der Waals surface area (Å²) >= 11 is 12.7. The molecule has 3 aromatic carbocycles. The Morgan fingerprint density at radius 1 is 0.882 bits per heavy atom. The maximum Gasteiger partial charge on any atom is 0.282 e. The van der Waals surface area contributed by atoms with Crippen LogP contribution in [0.1, 0.15) is 5.56 Å². The summed E-state index contributed by atoms with van der Waals surface area (Å²) < 4.78 is 16.6. The fourth-order valence-corrected chi connectivity index (χ4v) is 3.93. The molecule has 0 unspecified atom stereocenters. The Kier molecular flexibility index (Phi) is 7.25. The van der Waals surface area contributed by atoms with E-state index in [1.807, 2.05) is 18.2 Å². The molecule has 0 spiro atoms. The van der Waals surface area contributed by atoms with Gasteiger partial charge < -0.3 is 14.2 Å². The average Bonchev–Trinajstić information content (AvgIpc) is 3.12. The van der Waals surface area contributed by atoms with Crippen LogP contribution in [-0.2, 0) is 9.59 Å². The number of nitrogens with zero attached hydrogens (tertiary/aromatic N) is 1. The van der Waals surface area contributed by atoms with Crippen molar-refractivity contribution in [1.29, 1.82) is 0 Å². The third-order valence-corrected chi connectivity index (χ3v) is 5.46. The Morgan fingerprint density at radius 2 is 1.50 bits per heavy atom. The Labute approximate surface area is 206 Å². The van der Waals surface area contributed by atoms with Gasteiger partial charge in [-0.1, -0.05) is 53.5 Å². The molecule has 1 heterocycles. The van der Waals surface area contributed by atoms with Gasteiger partial charge in [0.25, 0.3) is 11.8 Å². The van der Waals surface area contributed by atoms with Gasteiger partial charge in [0.2, 0.25) is 0 Å². The predicted octanol–water partition coefficient (Wildman–Crippen LogP) is 4.92. The summed E-state index contributed by atoms with van der Waals surface area (Å²) in [5.74, 6) is 0.499. The SMILES string of the molecule is COc1ccccc1OCCOc1c(Cl)cc(C=C2C(=O)NN(c3ccccc3)C2=O)cc1Cl. The van der Waals surface area contributed by atoms with Crippen molar-refractivity contribution in [2.45, 2.75) is 0 Å². The molecule has 7 nitrogen and oxygen atoms in total. The van der Waals surface area contributed by atoms with Crippen LogP contribution in [-0.4, -0.2) is 32.1 Å². The van der Waals surface area contributed by atoms with Crippen LogP contribution < -0.4 is 24.6 Å². The second-order valence-corrected chi connectivity index (χ2v) is 7.95. The van der Waals surface area contributed by atoms with Crippen molar-refractivity contribution < 1.29 is 23.8 Å². The third kappa shape index (κ3) is 5.11. The summed E-state index contributed by atoms with van der Waals surface area (Å²) in [4.78, 5) is 25.1. The highest BCUT2D eigenvalue weighted by Gasteiger charge is 2.34. The lowest BCUT2D eigenvalue weighted by molar-refractivity contribution is -0.117. The van der Waals surface area contributed by atoms with Crippen LogP contribution in [0.3, 0.4) is 0 Å². The van der Waals surface area contributed by atoms with Gasteiger partial charge in [0.1, 0.15) is 18.8 Å². The zero-order valence-electron chi connectivity index (χ0n) is 18.1. The molecule has 4 rings (SSSR count). The smallest absolute Gasteiger partial charge is 0.282 e. The van der Waals surface area contributed by atoms with E-state index in [-0.39, 0.29) is 34.6 Å². The van der Waals surface area contributed by atoms with Gasteiger partial charge >= 0.3 is 0 Å². The molecule has 3 aromatic rings. The number of rotatable bonds is 8. The van der Waals surface area contributed by atoms with E-state index < -0.39 is 11.8 Å². The Hall–Kier alpha value is -3.68. The molecular weight excluding hydrogens is 479 g/mol. The van der Waals surface area contributed by atoms with Crippen LogP contribution in [0.2, 0.25) is 10.0 Å². The zero-order valence-corrected chi connectivity index (χ0v) is 19.6. The van der Waals surface area contributed by atoms with Crippen LogP contribution in [0, 0.1) is 0 Å². The average molecular weight is 499 g/mol. The number of methoxy groups -OCH3 is 1. The van der Waals surface area contributed by atoms with Gasteiger partial charge in [-0.05, 0) is 48.0 Å². The van der Waals surface area contributed by atoms with Crippen molar-refractivity contribution in [3.05, 3.63) is 87.9 Å². The van der Waals surface area contributed by atoms with Crippen molar-refractivity contribution in [2.75, 3.05) is 25.3 Å². The Balaban J connectivity index is 1.43. The molecule has 174 valence electrons. The Bertz CT molecular complexity index is 1220. The number of hydrogen-bond acceptors (Lipinski definition) is 5. The van der Waals surface area contributed by atoms with Crippen molar-refractivity contribution in [3.63, 3.8) is 0 Å². The lowest BCUT2D eigenvalue weighted by Gasteiger charge is -2.14. The van der Waals surface area contributed by atoms with Crippen molar-refractivity contribution in [2.24, 2.45) is 0 Å². The van der Waals surface area contributed by atoms with Crippen LogP contribution in [0.15, 0.2) is 72.3 Å². The first-order chi connectivity index (χ1) is 16.5. The number of amides is 2. The van der Waals surface area contributed by atoms with E-state index in [4.69, 9.17) is 37.4 Å². The second-order valence-electron chi connectivity index (χ2n) is 7.14. The number of hydrazine groups is 1. The van der Waals surface area contributed by atoms with E-state index in [1.165, 1.54) is 11.1 Å². The van der Waals surface area contributed by atoms with Crippen molar-refractivity contribution in [1.82, 2.24) is 5.43 Å². The standard InChI is InChI=1S/C25H20Cl2N2O5/c1-32-21-9-5-6-10-22(21)33-11-12-34-23-19(26)14-16(15-20(23)27)13-18-24(30)28-29(25(18)31)17-7-3-2-4-8-17/h2-10,13-15H,11-12H2,1H3,(H,28,30). The number of benzene rings is 3. The molecule has 0 saturated carbocycles. The first-order valence-corrected chi connectivity index (χ1v) is 11.0. The molecular formula is C25H20Cl2N2O5. The maximum atomic E-state index is 12.8. The highest BCUT2D eigenvalue weighted by atomic mass is 35.5. The number of carbonyl (C=O) groups excluding carboxylic acids is 2. The number of anilines is 1. The van der Waals surface area contributed by atoms with Gasteiger partial charge in [-0.25, -0.2) is 5.01 Å². The summed E-state index contributed by atoms with van der Waals surface area (Å²) in [6.45, 7) is 0.424. The highest BCUT2D eigenvalue weighted by Crippen LogP contribution is 2.35. The monoisotopic (exact) mass is 498 g/mol. The van der Waals surface area contributed by atoms with Crippen molar-refractivity contribution in [3.8, 4) is 17.2 Å². The first-order valence-electron chi connectivity index (χ1n) is 10.3. The summed E-state index contributed by atoms with van der Waals surface area (Å²) in [7, 11) is 1.57. The van der Waals surface area contributed by atoms with E-state index in [9.17, 15) is 9.59 Å². The molecule has 0 radical (unpaired) electrons. The minimum Gasteiger partial charge on any atom is -0.493 e. The molecule has 1 aliphatic heterocycles. The van der Waals surface area contributed by atoms with Gasteiger partial charge in [-0.3, -0.25) is 15.0 Å². The molecule has 1 aliphatic rings. The largest absolute Gasteiger partial charge is 0.493 e. The lowest BCUT2D eigenvalue weighted by atomic mass is 10.1. The molecule has 1 saturated heterocycles. The maximum absolute atomic E-state index is 12.8. The van der Waals surface area contributed by atoms with Crippen molar-refractivity contribution >= 4 is 46.8 Å². The van der Waals surface area contributed by atoms with Gasteiger partial charge in [0.15, 0.2) is 17.2 Å². The fourth-order valence-electron chi connectivity index (χ4n) is 3.32. The number of nitrogens with one attached hydrogen (secondary N) is 1. The fraction of sp³-hybridized carbons (Fsp3) is 0.120. The van der Waals surface area contributed by atoms with Crippen LogP contribution in [0.5, 0.6) is 17.2 Å². The molecule has 0 aromatic heterocycles. The number of ether oxygens (including phenoxy) is 3. The molecule has 1 N–H and O–H groups in total. The molecule has 1 fully saturated rings. The van der Waals surface area contributed by atoms with Crippen LogP contribution in [0.4, 0.5) is 5.69 Å². The number of para-hydroxylation sites is 3. The first kappa shape index (κ1) is 23.5. The predicted molar refractivity (Wildman–Crippen MR) is 130 cm³/mol. The number of halogens is 2. The molecule has 9 heteroatoms. The number of hydrogen-bond donors (Lipinski definition) is 1. The van der Waals surface area contributed by atoms with E-state index in [0.29, 0.717) is 22.7 Å². The topological polar surface area (TPSA) is 77.1 Å². The molecule has 0 atom stereocenters. The highest BCUT2D eigenvalue weighted by molar-refractivity contribution is 6.37. The van der Waals surface area contributed by atoms with Gasteiger partial charge in [0, 0.05) is 0 Å². The minimum absolute atomic E-state index is 0.0325. The van der Waals surface area contributed by atoms with Gasteiger partial charge in [-0.15, -0.1) is 0 Å². The zero-order chi connectivity index (χ0) is 24.1. The third-order valence-electron chi connectivity index (χ3n) is 4.89. The molecule has 0 aliphatic carbocycles. The lowest BCUT2D eigenvalue weighted by Crippen LogP contribution is -2.35. The summed E-state index contributed by atoms with van der Waals surface area (Å²) in [6, 6.07) is 19.2. The summed E-state index contributed by atoms with van der Waals surface area (Å²) in [5.41, 5.74) is 3.56. The molecule has 0 bridgehead atoms. The van der Waals surface area contributed by atoms with Crippen LogP contribution in [0.25, 0.3) is 6.08 Å². The normalized spacial score (nSPS) is 14.3. The quantitative estimate of drug-likeness (QED) is 0.271.